The van der Waals surface area contributed by atoms with Gasteiger partial charge < -0.3 is 15.3 Å². The van der Waals surface area contributed by atoms with Gasteiger partial charge in [-0.15, -0.1) is 0 Å². The summed E-state index contributed by atoms with van der Waals surface area (Å²) in [5, 5.41) is 30.6. The number of rotatable bonds is 2. The van der Waals surface area contributed by atoms with Crippen molar-refractivity contribution in [2.45, 2.75) is 39.4 Å². The number of aliphatic hydroxyl groups is 3. The van der Waals surface area contributed by atoms with Gasteiger partial charge in [-0.1, -0.05) is 20.8 Å². The Labute approximate surface area is 108 Å². The number of hydrogen-bond acceptors (Lipinski definition) is 3. The molecule has 3 heteroatoms. The average Bonchev–Trinajstić information content (AvgIpc) is 2.69. The average molecular weight is 252 g/mol. The molecule has 102 valence electrons. The maximum Gasteiger partial charge on any atom is 0.0614 e. The molecule has 5 aliphatic carbocycles. The molecule has 0 aromatic heterocycles. The molecule has 5 aliphatic rings. The van der Waals surface area contributed by atoms with Crippen LogP contribution in [0.2, 0.25) is 0 Å². The van der Waals surface area contributed by atoms with Gasteiger partial charge in [-0.3, -0.25) is 0 Å². The van der Waals surface area contributed by atoms with Crippen LogP contribution in [0, 0.1) is 46.3 Å². The molecule has 0 spiro atoms. The SMILES string of the molecule is CC(CO)[C@@H]1C[C@@H](O)[C@@]2(C)[C@@H]3C1C1C([C@@H]3O)[C@@]12C. The van der Waals surface area contributed by atoms with Crippen molar-refractivity contribution in [3.05, 3.63) is 0 Å². The van der Waals surface area contributed by atoms with Crippen LogP contribution in [-0.4, -0.2) is 34.1 Å². The summed E-state index contributed by atoms with van der Waals surface area (Å²) >= 11 is 0. The van der Waals surface area contributed by atoms with Gasteiger partial charge in [-0.25, -0.2) is 0 Å². The Morgan fingerprint density at radius 1 is 1.11 bits per heavy atom. The van der Waals surface area contributed by atoms with Crippen LogP contribution in [0.25, 0.3) is 0 Å². The Kier molecular flexibility index (Phi) is 1.93. The van der Waals surface area contributed by atoms with Crippen molar-refractivity contribution in [2.75, 3.05) is 6.61 Å². The zero-order valence-corrected chi connectivity index (χ0v) is 11.4. The van der Waals surface area contributed by atoms with Crippen molar-refractivity contribution in [2.24, 2.45) is 46.3 Å². The summed E-state index contributed by atoms with van der Waals surface area (Å²) in [6, 6.07) is 0. The molecule has 0 aromatic rings. The first-order valence-electron chi connectivity index (χ1n) is 7.37. The van der Waals surface area contributed by atoms with Gasteiger partial charge in [0, 0.05) is 12.0 Å². The molecule has 3 nitrogen and oxygen atoms in total. The van der Waals surface area contributed by atoms with Gasteiger partial charge in [0.15, 0.2) is 0 Å². The maximum absolute atomic E-state index is 10.7. The second-order valence-electron chi connectivity index (χ2n) is 7.79. The lowest BCUT2D eigenvalue weighted by Crippen LogP contribution is -2.49. The summed E-state index contributed by atoms with van der Waals surface area (Å²) < 4.78 is 0. The molecule has 4 unspecified atom stereocenters. The predicted molar refractivity (Wildman–Crippen MR) is 66.5 cm³/mol. The highest BCUT2D eigenvalue weighted by molar-refractivity contribution is 5.38. The molecule has 0 amide bonds. The van der Waals surface area contributed by atoms with Gasteiger partial charge >= 0.3 is 0 Å². The smallest absolute Gasteiger partial charge is 0.0614 e. The van der Waals surface area contributed by atoms with E-state index in [-0.39, 0.29) is 41.5 Å². The molecule has 5 saturated carbocycles. The highest BCUT2D eigenvalue weighted by atomic mass is 16.3. The second kappa shape index (κ2) is 2.97. The van der Waals surface area contributed by atoms with Gasteiger partial charge in [0.1, 0.15) is 0 Å². The van der Waals surface area contributed by atoms with Crippen molar-refractivity contribution in [3.63, 3.8) is 0 Å². The minimum Gasteiger partial charge on any atom is -0.396 e. The van der Waals surface area contributed by atoms with E-state index in [1.165, 1.54) is 0 Å². The fourth-order valence-electron chi connectivity index (χ4n) is 6.81. The quantitative estimate of drug-likeness (QED) is 0.683. The Morgan fingerprint density at radius 3 is 2.33 bits per heavy atom. The Balaban J connectivity index is 1.80. The lowest BCUT2D eigenvalue weighted by atomic mass is 9.59. The van der Waals surface area contributed by atoms with Crippen LogP contribution in [0.3, 0.4) is 0 Å². The van der Waals surface area contributed by atoms with Crippen LogP contribution in [-0.2, 0) is 0 Å². The molecule has 0 radical (unpaired) electrons. The third-order valence-electron chi connectivity index (χ3n) is 7.78. The first kappa shape index (κ1) is 11.7. The molecular formula is C15H24O3. The minimum absolute atomic E-state index is 0.0852. The molecular weight excluding hydrogens is 228 g/mol. The number of hydrogen-bond donors (Lipinski definition) is 3. The molecule has 0 heterocycles. The van der Waals surface area contributed by atoms with Crippen molar-refractivity contribution < 1.29 is 15.3 Å². The van der Waals surface area contributed by atoms with Crippen molar-refractivity contribution in [1.29, 1.82) is 0 Å². The molecule has 5 fully saturated rings. The predicted octanol–water partition coefficient (Wildman–Crippen LogP) is 0.875. The maximum atomic E-state index is 10.7. The first-order valence-corrected chi connectivity index (χ1v) is 7.37. The van der Waals surface area contributed by atoms with Gasteiger partial charge in [0.25, 0.3) is 0 Å². The topological polar surface area (TPSA) is 60.7 Å². The fourth-order valence-corrected chi connectivity index (χ4v) is 6.81. The highest BCUT2D eigenvalue weighted by Crippen LogP contribution is 2.91. The number of aliphatic hydroxyl groups excluding tert-OH is 3. The summed E-state index contributed by atoms with van der Waals surface area (Å²) in [5.74, 6) is 2.44. The summed E-state index contributed by atoms with van der Waals surface area (Å²) in [6.45, 7) is 6.76. The van der Waals surface area contributed by atoms with Gasteiger partial charge in [0.05, 0.1) is 12.2 Å². The third-order valence-corrected chi connectivity index (χ3v) is 7.78. The zero-order chi connectivity index (χ0) is 13.0. The Bertz CT molecular complexity index is 411. The van der Waals surface area contributed by atoms with Crippen LogP contribution in [0.5, 0.6) is 0 Å². The Hall–Kier alpha value is -0.120. The summed E-state index contributed by atoms with van der Waals surface area (Å²) in [7, 11) is 0. The van der Waals surface area contributed by atoms with Crippen molar-refractivity contribution in [3.8, 4) is 0 Å². The first-order chi connectivity index (χ1) is 8.40. The summed E-state index contributed by atoms with van der Waals surface area (Å²) in [6.07, 6.45) is 0.290. The lowest BCUT2D eigenvalue weighted by molar-refractivity contribution is -0.0995. The molecule has 0 aromatic carbocycles. The van der Waals surface area contributed by atoms with Crippen molar-refractivity contribution >= 4 is 0 Å². The standard InChI is InChI=1S/C15H24O3/c1-6(5-16)7-4-8(17)14(2)11-9(7)10-12(13(11)18)15(10,14)3/h6-13,16-18H,4-5H2,1-3H3/t6?,7-,8+,9?,10?,11+,12?,13+,14-,15+/m0/s1. The normalized spacial score (nSPS) is 69.3. The zero-order valence-electron chi connectivity index (χ0n) is 11.4. The summed E-state index contributed by atoms with van der Waals surface area (Å²) in [4.78, 5) is 0. The van der Waals surface area contributed by atoms with E-state index >= 15 is 0 Å². The monoisotopic (exact) mass is 252 g/mol. The van der Waals surface area contributed by atoms with Crippen LogP contribution in [0.1, 0.15) is 27.2 Å². The molecule has 10 atom stereocenters. The van der Waals surface area contributed by atoms with E-state index in [1.54, 1.807) is 0 Å². The molecule has 3 N–H and O–H groups in total. The van der Waals surface area contributed by atoms with E-state index in [4.69, 9.17) is 0 Å². The molecule has 0 saturated heterocycles. The van der Waals surface area contributed by atoms with E-state index in [9.17, 15) is 15.3 Å². The molecule has 5 rings (SSSR count). The van der Waals surface area contributed by atoms with Gasteiger partial charge in [-0.05, 0) is 47.3 Å². The summed E-state index contributed by atoms with van der Waals surface area (Å²) in [5.41, 5.74) is 0.0726. The van der Waals surface area contributed by atoms with E-state index in [0.717, 1.165) is 6.42 Å². The Morgan fingerprint density at radius 2 is 1.78 bits per heavy atom. The van der Waals surface area contributed by atoms with Crippen LogP contribution in [0.15, 0.2) is 0 Å². The fraction of sp³-hybridized carbons (Fsp3) is 1.00. The van der Waals surface area contributed by atoms with E-state index in [0.29, 0.717) is 23.7 Å². The lowest BCUT2D eigenvalue weighted by Gasteiger charge is -2.48. The van der Waals surface area contributed by atoms with E-state index in [2.05, 4.69) is 20.8 Å². The van der Waals surface area contributed by atoms with Crippen LogP contribution in [0.4, 0.5) is 0 Å². The van der Waals surface area contributed by atoms with E-state index in [1.807, 2.05) is 0 Å². The largest absolute Gasteiger partial charge is 0.396 e. The second-order valence-corrected chi connectivity index (χ2v) is 7.79. The minimum atomic E-state index is -0.310. The van der Waals surface area contributed by atoms with Crippen LogP contribution >= 0.6 is 0 Å². The molecule has 0 aliphatic heterocycles. The van der Waals surface area contributed by atoms with Gasteiger partial charge in [0.2, 0.25) is 0 Å². The van der Waals surface area contributed by atoms with Gasteiger partial charge in [-0.2, -0.15) is 0 Å². The molecule has 6 bridgehead atoms. The highest BCUT2D eigenvalue weighted by Gasteiger charge is 2.91. The van der Waals surface area contributed by atoms with Crippen molar-refractivity contribution in [1.82, 2.24) is 0 Å². The van der Waals surface area contributed by atoms with E-state index < -0.39 is 0 Å². The third kappa shape index (κ3) is 0.835. The molecule has 18 heavy (non-hydrogen) atoms. The van der Waals surface area contributed by atoms with Crippen LogP contribution < -0.4 is 0 Å².